The van der Waals surface area contributed by atoms with Crippen LogP contribution >= 0.6 is 0 Å². The van der Waals surface area contributed by atoms with Gasteiger partial charge in [0.2, 0.25) is 0 Å². The number of hydrogen-bond donors (Lipinski definition) is 3. The first kappa shape index (κ1) is 15.7. The second kappa shape index (κ2) is 8.77. The SMILES string of the molecule is CC[C@@H](NC(=O)NCC(COC)OC)C(=O)O. The van der Waals surface area contributed by atoms with E-state index >= 15 is 0 Å². The molecule has 0 aromatic carbocycles. The first-order chi connectivity index (χ1) is 8.04. The number of carboxylic acid groups (broad SMARTS) is 1. The van der Waals surface area contributed by atoms with Gasteiger partial charge in [0.25, 0.3) is 0 Å². The molecule has 2 atom stereocenters. The number of ether oxygens (including phenoxy) is 2. The molecule has 0 heterocycles. The van der Waals surface area contributed by atoms with E-state index < -0.39 is 18.0 Å². The van der Waals surface area contributed by atoms with Crippen LogP contribution in [0.1, 0.15) is 13.3 Å². The molecule has 17 heavy (non-hydrogen) atoms. The zero-order chi connectivity index (χ0) is 13.3. The topological polar surface area (TPSA) is 96.9 Å². The maximum absolute atomic E-state index is 11.4. The van der Waals surface area contributed by atoms with E-state index in [1.807, 2.05) is 0 Å². The Morgan fingerprint density at radius 2 is 2.00 bits per heavy atom. The number of amides is 2. The van der Waals surface area contributed by atoms with E-state index in [0.29, 0.717) is 13.0 Å². The molecule has 0 rings (SSSR count). The summed E-state index contributed by atoms with van der Waals surface area (Å²) in [6.45, 7) is 2.29. The van der Waals surface area contributed by atoms with Crippen LogP contribution in [0.25, 0.3) is 0 Å². The van der Waals surface area contributed by atoms with Crippen molar-refractivity contribution < 1.29 is 24.2 Å². The van der Waals surface area contributed by atoms with E-state index in [-0.39, 0.29) is 12.6 Å². The molecule has 0 fully saturated rings. The summed E-state index contributed by atoms with van der Waals surface area (Å²) < 4.78 is 9.91. The molecule has 100 valence electrons. The largest absolute Gasteiger partial charge is 0.480 e. The lowest BCUT2D eigenvalue weighted by Crippen LogP contribution is -2.48. The van der Waals surface area contributed by atoms with Gasteiger partial charge in [0.15, 0.2) is 0 Å². The number of aliphatic carboxylic acids is 1. The molecule has 0 saturated carbocycles. The molecule has 0 aliphatic carbocycles. The minimum Gasteiger partial charge on any atom is -0.480 e. The molecule has 0 aliphatic heterocycles. The van der Waals surface area contributed by atoms with Gasteiger partial charge >= 0.3 is 12.0 Å². The van der Waals surface area contributed by atoms with E-state index in [0.717, 1.165) is 0 Å². The fourth-order valence-electron chi connectivity index (χ4n) is 1.15. The van der Waals surface area contributed by atoms with Crippen LogP contribution in [0.3, 0.4) is 0 Å². The van der Waals surface area contributed by atoms with Crippen LogP contribution in [0.15, 0.2) is 0 Å². The summed E-state index contributed by atoms with van der Waals surface area (Å²) in [7, 11) is 3.04. The number of rotatable bonds is 8. The van der Waals surface area contributed by atoms with Crippen molar-refractivity contribution in [2.24, 2.45) is 0 Å². The molecule has 7 nitrogen and oxygen atoms in total. The Morgan fingerprint density at radius 1 is 1.35 bits per heavy atom. The first-order valence-corrected chi connectivity index (χ1v) is 5.34. The summed E-state index contributed by atoms with van der Waals surface area (Å²) in [4.78, 5) is 22.0. The number of nitrogens with one attached hydrogen (secondary N) is 2. The highest BCUT2D eigenvalue weighted by Gasteiger charge is 2.17. The van der Waals surface area contributed by atoms with Gasteiger partial charge in [-0.2, -0.15) is 0 Å². The fourth-order valence-corrected chi connectivity index (χ4v) is 1.15. The Hall–Kier alpha value is -1.34. The Kier molecular flexibility index (Phi) is 8.08. The molecule has 0 bridgehead atoms. The quantitative estimate of drug-likeness (QED) is 0.553. The Bertz CT molecular complexity index is 247. The summed E-state index contributed by atoms with van der Waals surface area (Å²) in [5.74, 6) is -1.05. The summed E-state index contributed by atoms with van der Waals surface area (Å²) in [6, 6.07) is -1.41. The highest BCUT2D eigenvalue weighted by Crippen LogP contribution is 1.92. The van der Waals surface area contributed by atoms with Gasteiger partial charge in [-0.1, -0.05) is 6.92 Å². The lowest BCUT2D eigenvalue weighted by Gasteiger charge is -2.17. The third kappa shape index (κ3) is 6.75. The van der Waals surface area contributed by atoms with E-state index in [2.05, 4.69) is 10.6 Å². The maximum Gasteiger partial charge on any atom is 0.326 e. The van der Waals surface area contributed by atoms with E-state index in [9.17, 15) is 9.59 Å². The minimum absolute atomic E-state index is 0.254. The van der Waals surface area contributed by atoms with Crippen LogP contribution in [0, 0.1) is 0 Å². The van der Waals surface area contributed by atoms with Gasteiger partial charge in [-0.3, -0.25) is 0 Å². The van der Waals surface area contributed by atoms with Crippen molar-refractivity contribution in [3.05, 3.63) is 0 Å². The van der Waals surface area contributed by atoms with E-state index in [1.54, 1.807) is 6.92 Å². The van der Waals surface area contributed by atoms with E-state index in [1.165, 1.54) is 14.2 Å². The molecule has 0 aliphatic rings. The van der Waals surface area contributed by atoms with Crippen LogP contribution < -0.4 is 10.6 Å². The highest BCUT2D eigenvalue weighted by molar-refractivity contribution is 5.82. The summed E-state index contributed by atoms with van der Waals surface area (Å²) in [5.41, 5.74) is 0. The third-order valence-electron chi connectivity index (χ3n) is 2.19. The van der Waals surface area contributed by atoms with Crippen molar-refractivity contribution >= 4 is 12.0 Å². The third-order valence-corrected chi connectivity index (χ3v) is 2.19. The molecule has 3 N–H and O–H groups in total. The number of carbonyl (C=O) groups excluding carboxylic acids is 1. The number of urea groups is 1. The van der Waals surface area contributed by atoms with Crippen LogP contribution in [0.5, 0.6) is 0 Å². The predicted octanol–water partition coefficient (Wildman–Crippen LogP) is -0.190. The Morgan fingerprint density at radius 3 is 2.41 bits per heavy atom. The molecule has 7 heteroatoms. The van der Waals surface area contributed by atoms with Crippen molar-refractivity contribution in [2.45, 2.75) is 25.5 Å². The number of carboxylic acids is 1. The van der Waals surface area contributed by atoms with Crippen molar-refractivity contribution in [2.75, 3.05) is 27.4 Å². The molecule has 0 saturated heterocycles. The van der Waals surface area contributed by atoms with Crippen LogP contribution in [0.4, 0.5) is 4.79 Å². The smallest absolute Gasteiger partial charge is 0.326 e. The monoisotopic (exact) mass is 248 g/mol. The van der Waals surface area contributed by atoms with Crippen LogP contribution in [0.2, 0.25) is 0 Å². The fraction of sp³-hybridized carbons (Fsp3) is 0.800. The van der Waals surface area contributed by atoms with E-state index in [4.69, 9.17) is 14.6 Å². The van der Waals surface area contributed by atoms with Crippen molar-refractivity contribution in [1.29, 1.82) is 0 Å². The van der Waals surface area contributed by atoms with Gasteiger partial charge in [-0.25, -0.2) is 9.59 Å². The molecular weight excluding hydrogens is 228 g/mol. The molecule has 1 unspecified atom stereocenters. The van der Waals surface area contributed by atoms with Crippen molar-refractivity contribution in [3.63, 3.8) is 0 Å². The summed E-state index contributed by atoms with van der Waals surface area (Å²) in [6.07, 6.45) is 0.0739. The molecule has 0 spiro atoms. The second-order valence-corrected chi connectivity index (χ2v) is 3.47. The van der Waals surface area contributed by atoms with Gasteiger partial charge in [0.05, 0.1) is 12.7 Å². The van der Waals surface area contributed by atoms with Gasteiger partial charge in [-0.05, 0) is 6.42 Å². The number of hydrogen-bond acceptors (Lipinski definition) is 4. The Labute approximate surface area is 100 Å². The maximum atomic E-state index is 11.4. The molecule has 0 radical (unpaired) electrons. The highest BCUT2D eigenvalue weighted by atomic mass is 16.5. The first-order valence-electron chi connectivity index (χ1n) is 5.34. The molecule has 0 aromatic rings. The van der Waals surface area contributed by atoms with Gasteiger partial charge in [-0.15, -0.1) is 0 Å². The molecule has 2 amide bonds. The number of methoxy groups -OCH3 is 2. The standard InChI is InChI=1S/C10H20N2O5/c1-4-8(9(13)14)12-10(15)11-5-7(17-3)6-16-2/h7-8H,4-6H2,1-3H3,(H,13,14)(H2,11,12,15)/t7?,8-/m1/s1. The van der Waals surface area contributed by atoms with Crippen molar-refractivity contribution in [1.82, 2.24) is 10.6 Å². The lowest BCUT2D eigenvalue weighted by molar-refractivity contribution is -0.139. The van der Waals surface area contributed by atoms with Crippen LogP contribution in [-0.2, 0) is 14.3 Å². The normalized spacial score (nSPS) is 13.8. The zero-order valence-electron chi connectivity index (χ0n) is 10.4. The lowest BCUT2D eigenvalue weighted by atomic mass is 10.2. The van der Waals surface area contributed by atoms with Crippen molar-refractivity contribution in [3.8, 4) is 0 Å². The van der Waals surface area contributed by atoms with Gasteiger partial charge in [0.1, 0.15) is 6.04 Å². The summed E-state index contributed by atoms with van der Waals surface area (Å²) >= 11 is 0. The number of carbonyl (C=O) groups is 2. The molecular formula is C10H20N2O5. The minimum atomic E-state index is -1.05. The van der Waals surface area contributed by atoms with Gasteiger partial charge < -0.3 is 25.2 Å². The van der Waals surface area contributed by atoms with Crippen LogP contribution in [-0.4, -0.2) is 56.6 Å². The average Bonchev–Trinajstić information content (AvgIpc) is 2.30. The predicted molar refractivity (Wildman–Crippen MR) is 60.9 cm³/mol. The summed E-state index contributed by atoms with van der Waals surface area (Å²) in [5, 5.41) is 13.6. The average molecular weight is 248 g/mol. The Balaban J connectivity index is 3.96. The molecule has 0 aromatic heterocycles. The van der Waals surface area contributed by atoms with Gasteiger partial charge in [0, 0.05) is 20.8 Å². The zero-order valence-corrected chi connectivity index (χ0v) is 10.4. The second-order valence-electron chi connectivity index (χ2n) is 3.47.